The lowest BCUT2D eigenvalue weighted by Crippen LogP contribution is -1.91. The van der Waals surface area contributed by atoms with E-state index >= 15 is 0 Å². The second-order valence-corrected chi connectivity index (χ2v) is 3.04. The van der Waals surface area contributed by atoms with Gasteiger partial charge in [0.2, 0.25) is 0 Å². The number of hydrogen-bond donors (Lipinski definition) is 0. The molecule has 0 spiro atoms. The average Bonchev–Trinajstić information content (AvgIpc) is 2.06. The zero-order valence-corrected chi connectivity index (χ0v) is 8.19. The maximum absolute atomic E-state index is 13.3. The topological polar surface area (TPSA) is 9.23 Å². The molecule has 0 N–H and O–H groups in total. The van der Waals surface area contributed by atoms with E-state index in [0.717, 1.165) is 0 Å². The molecule has 0 aliphatic heterocycles. The van der Waals surface area contributed by atoms with E-state index in [9.17, 15) is 4.39 Å². The molecule has 1 aromatic rings. The van der Waals surface area contributed by atoms with Crippen molar-refractivity contribution in [3.8, 4) is 5.75 Å². The Kier molecular flexibility index (Phi) is 2.87. The summed E-state index contributed by atoms with van der Waals surface area (Å²) in [6.07, 6.45) is 1.45. The molecule has 0 amide bonds. The predicted molar refractivity (Wildman–Crippen MR) is 50.7 cm³/mol. The molecule has 0 heterocycles. The van der Waals surface area contributed by atoms with Crippen LogP contribution in [0.25, 0.3) is 6.08 Å². The van der Waals surface area contributed by atoms with E-state index in [2.05, 4.69) is 22.5 Å². The maximum Gasteiger partial charge on any atom is 0.173 e. The minimum absolute atomic E-state index is 0.215. The third-order valence-electron chi connectivity index (χ3n) is 1.50. The van der Waals surface area contributed by atoms with Gasteiger partial charge in [-0.05, 0) is 22.0 Å². The highest BCUT2D eigenvalue weighted by atomic mass is 79.9. The SMILES string of the molecule is C=Cc1ccc(Br)c(OC)c1F. The van der Waals surface area contributed by atoms with Crippen molar-refractivity contribution in [2.24, 2.45) is 0 Å². The third kappa shape index (κ3) is 1.50. The molecule has 0 bridgehead atoms. The summed E-state index contributed by atoms with van der Waals surface area (Å²) in [6, 6.07) is 3.36. The van der Waals surface area contributed by atoms with Crippen LogP contribution in [-0.4, -0.2) is 7.11 Å². The predicted octanol–water partition coefficient (Wildman–Crippen LogP) is 3.24. The molecule has 0 aliphatic rings. The number of hydrogen-bond acceptors (Lipinski definition) is 1. The zero-order chi connectivity index (χ0) is 9.14. The summed E-state index contributed by atoms with van der Waals surface area (Å²) >= 11 is 3.17. The summed E-state index contributed by atoms with van der Waals surface area (Å²) in [5.41, 5.74) is 0.440. The third-order valence-corrected chi connectivity index (χ3v) is 2.13. The van der Waals surface area contributed by atoms with E-state index in [1.165, 1.54) is 13.2 Å². The van der Waals surface area contributed by atoms with Crippen molar-refractivity contribution in [3.05, 3.63) is 34.6 Å². The molecule has 0 saturated carbocycles. The first-order chi connectivity index (χ1) is 5.70. The Hall–Kier alpha value is -0.830. The first-order valence-corrected chi connectivity index (χ1v) is 4.14. The lowest BCUT2D eigenvalue weighted by atomic mass is 10.2. The van der Waals surface area contributed by atoms with E-state index in [-0.39, 0.29) is 11.6 Å². The van der Waals surface area contributed by atoms with Crippen molar-refractivity contribution < 1.29 is 9.13 Å². The molecule has 0 unspecified atom stereocenters. The van der Waals surface area contributed by atoms with Crippen LogP contribution in [0.4, 0.5) is 4.39 Å². The van der Waals surface area contributed by atoms with Crippen molar-refractivity contribution in [2.45, 2.75) is 0 Å². The minimum atomic E-state index is -0.387. The molecule has 3 heteroatoms. The van der Waals surface area contributed by atoms with Gasteiger partial charge < -0.3 is 4.74 Å². The van der Waals surface area contributed by atoms with Crippen molar-refractivity contribution in [3.63, 3.8) is 0 Å². The zero-order valence-electron chi connectivity index (χ0n) is 6.60. The Labute approximate surface area is 79.0 Å². The van der Waals surface area contributed by atoms with Gasteiger partial charge in [-0.25, -0.2) is 4.39 Å². The fraction of sp³-hybridized carbons (Fsp3) is 0.111. The van der Waals surface area contributed by atoms with Gasteiger partial charge in [0.25, 0.3) is 0 Å². The Morgan fingerprint density at radius 2 is 2.25 bits per heavy atom. The van der Waals surface area contributed by atoms with Crippen LogP contribution in [0.5, 0.6) is 5.75 Å². The van der Waals surface area contributed by atoms with Crippen LogP contribution >= 0.6 is 15.9 Å². The number of halogens is 2. The smallest absolute Gasteiger partial charge is 0.173 e. The summed E-state index contributed by atoms with van der Waals surface area (Å²) in [6.45, 7) is 3.49. The molecule has 12 heavy (non-hydrogen) atoms. The number of benzene rings is 1. The van der Waals surface area contributed by atoms with Crippen LogP contribution < -0.4 is 4.74 Å². The molecule has 0 fully saturated rings. The quantitative estimate of drug-likeness (QED) is 0.759. The largest absolute Gasteiger partial charge is 0.492 e. The summed E-state index contributed by atoms with van der Waals surface area (Å²) in [5.74, 6) is -0.172. The summed E-state index contributed by atoms with van der Waals surface area (Å²) in [5, 5.41) is 0. The molecule has 1 nitrogen and oxygen atoms in total. The van der Waals surface area contributed by atoms with Gasteiger partial charge in [-0.1, -0.05) is 18.7 Å². The van der Waals surface area contributed by atoms with Crippen LogP contribution in [-0.2, 0) is 0 Å². The Balaban J connectivity index is 3.33. The summed E-state index contributed by atoms with van der Waals surface area (Å²) in [4.78, 5) is 0. The molecular weight excluding hydrogens is 223 g/mol. The van der Waals surface area contributed by atoms with Crippen LogP contribution in [0.1, 0.15) is 5.56 Å². The average molecular weight is 231 g/mol. The van der Waals surface area contributed by atoms with Gasteiger partial charge in [0.05, 0.1) is 11.6 Å². The first kappa shape index (κ1) is 9.26. The molecule has 0 atom stereocenters. The molecular formula is C9H8BrFO. The lowest BCUT2D eigenvalue weighted by Gasteiger charge is -2.05. The minimum Gasteiger partial charge on any atom is -0.492 e. The van der Waals surface area contributed by atoms with Crippen LogP contribution in [0, 0.1) is 5.82 Å². The van der Waals surface area contributed by atoms with E-state index < -0.39 is 0 Å². The van der Waals surface area contributed by atoms with E-state index in [1.807, 2.05) is 0 Å². The van der Waals surface area contributed by atoms with Gasteiger partial charge in [-0.15, -0.1) is 0 Å². The molecule has 0 aromatic heterocycles. The van der Waals surface area contributed by atoms with Gasteiger partial charge in [0, 0.05) is 5.56 Å². The fourth-order valence-corrected chi connectivity index (χ4v) is 1.36. The Bertz CT molecular complexity index is 310. The maximum atomic E-state index is 13.3. The molecule has 0 aliphatic carbocycles. The normalized spacial score (nSPS) is 9.58. The number of ether oxygens (including phenoxy) is 1. The van der Waals surface area contributed by atoms with E-state index in [4.69, 9.17) is 4.74 Å². The second-order valence-electron chi connectivity index (χ2n) is 2.19. The molecule has 1 aromatic carbocycles. The monoisotopic (exact) mass is 230 g/mol. The van der Waals surface area contributed by atoms with Crippen LogP contribution in [0.15, 0.2) is 23.2 Å². The molecule has 0 radical (unpaired) electrons. The van der Waals surface area contributed by atoms with E-state index in [0.29, 0.717) is 10.0 Å². The molecule has 64 valence electrons. The molecule has 0 saturated heterocycles. The number of methoxy groups -OCH3 is 1. The Morgan fingerprint density at radius 3 is 2.75 bits per heavy atom. The highest BCUT2D eigenvalue weighted by Crippen LogP contribution is 2.30. The summed E-state index contributed by atoms with van der Waals surface area (Å²) in [7, 11) is 1.43. The van der Waals surface area contributed by atoms with Crippen LogP contribution in [0.3, 0.4) is 0 Å². The number of rotatable bonds is 2. The highest BCUT2D eigenvalue weighted by Gasteiger charge is 2.09. The standard InChI is InChI=1S/C9H8BrFO/c1-3-6-4-5-7(10)9(12-2)8(6)11/h3-5H,1H2,2H3. The van der Waals surface area contributed by atoms with Crippen molar-refractivity contribution in [2.75, 3.05) is 7.11 Å². The van der Waals surface area contributed by atoms with Gasteiger partial charge in [0.1, 0.15) is 0 Å². The van der Waals surface area contributed by atoms with Gasteiger partial charge in [0.15, 0.2) is 11.6 Å². The highest BCUT2D eigenvalue weighted by molar-refractivity contribution is 9.10. The van der Waals surface area contributed by atoms with E-state index in [1.54, 1.807) is 12.1 Å². The Morgan fingerprint density at radius 1 is 1.58 bits per heavy atom. The second kappa shape index (κ2) is 3.72. The van der Waals surface area contributed by atoms with Crippen molar-refractivity contribution in [1.82, 2.24) is 0 Å². The van der Waals surface area contributed by atoms with Crippen molar-refractivity contribution in [1.29, 1.82) is 0 Å². The van der Waals surface area contributed by atoms with Gasteiger partial charge in [-0.2, -0.15) is 0 Å². The van der Waals surface area contributed by atoms with Gasteiger partial charge in [-0.3, -0.25) is 0 Å². The first-order valence-electron chi connectivity index (χ1n) is 3.35. The van der Waals surface area contributed by atoms with Crippen LogP contribution in [0.2, 0.25) is 0 Å². The fourth-order valence-electron chi connectivity index (χ4n) is 0.892. The summed E-state index contributed by atoms with van der Waals surface area (Å²) < 4.78 is 18.8. The molecule has 1 rings (SSSR count). The van der Waals surface area contributed by atoms with Crippen molar-refractivity contribution >= 4 is 22.0 Å². The lowest BCUT2D eigenvalue weighted by molar-refractivity contribution is 0.383. The van der Waals surface area contributed by atoms with Gasteiger partial charge >= 0.3 is 0 Å².